The third kappa shape index (κ3) is 3.37. The highest BCUT2D eigenvalue weighted by molar-refractivity contribution is 5.84. The van der Waals surface area contributed by atoms with Crippen molar-refractivity contribution in [3.05, 3.63) is 36.0 Å². The summed E-state index contributed by atoms with van der Waals surface area (Å²) in [7, 11) is 1.89. The van der Waals surface area contributed by atoms with Crippen LogP contribution in [0.25, 0.3) is 10.9 Å². The highest BCUT2D eigenvalue weighted by Gasteiger charge is 2.11. The van der Waals surface area contributed by atoms with E-state index >= 15 is 0 Å². The summed E-state index contributed by atoms with van der Waals surface area (Å²) in [5.74, 6) is 0.737. The number of carbonyl (C=O) groups is 1. The van der Waals surface area contributed by atoms with E-state index in [1.807, 2.05) is 30.3 Å². The van der Waals surface area contributed by atoms with Gasteiger partial charge in [-0.25, -0.2) is 0 Å². The second-order valence-electron chi connectivity index (χ2n) is 5.53. The van der Waals surface area contributed by atoms with Crippen molar-refractivity contribution in [1.29, 1.82) is 0 Å². The van der Waals surface area contributed by atoms with Gasteiger partial charge in [0.2, 0.25) is 5.91 Å². The molecule has 0 bridgehead atoms. The molecule has 0 unspecified atom stereocenters. The van der Waals surface area contributed by atoms with Crippen LogP contribution in [0.5, 0.6) is 0 Å². The predicted octanol–water partition coefficient (Wildman–Crippen LogP) is 3.21. The lowest BCUT2D eigenvalue weighted by Gasteiger charge is -2.19. The monoisotopic (exact) mass is 258 g/mol. The molecule has 19 heavy (non-hydrogen) atoms. The first-order valence-corrected chi connectivity index (χ1v) is 6.87. The van der Waals surface area contributed by atoms with E-state index in [0.717, 1.165) is 18.5 Å². The lowest BCUT2D eigenvalue weighted by atomic mass is 10.1. The van der Waals surface area contributed by atoms with Crippen molar-refractivity contribution < 1.29 is 4.79 Å². The van der Waals surface area contributed by atoms with Crippen molar-refractivity contribution >= 4 is 16.8 Å². The Kier molecular flexibility index (Phi) is 4.25. The van der Waals surface area contributed by atoms with Gasteiger partial charge >= 0.3 is 0 Å². The molecule has 1 amide bonds. The number of aromatic nitrogens is 1. The minimum absolute atomic E-state index is 0.221. The number of H-pyrrole nitrogens is 1. The lowest BCUT2D eigenvalue weighted by Crippen LogP contribution is -2.30. The molecule has 102 valence electrons. The first kappa shape index (κ1) is 13.7. The van der Waals surface area contributed by atoms with Gasteiger partial charge in [-0.05, 0) is 24.0 Å². The lowest BCUT2D eigenvalue weighted by molar-refractivity contribution is -0.130. The molecule has 0 saturated heterocycles. The summed E-state index contributed by atoms with van der Waals surface area (Å²) >= 11 is 0. The van der Waals surface area contributed by atoms with Gasteiger partial charge in [0, 0.05) is 37.1 Å². The maximum atomic E-state index is 12.0. The number of para-hydroxylation sites is 1. The standard InChI is InChI=1S/C16H22N2O/c1-12(2)11-18(3)16(19)9-8-13-10-17-15-7-5-4-6-14(13)15/h4-7,10,12,17H,8-9,11H2,1-3H3. The van der Waals surface area contributed by atoms with E-state index in [1.165, 1.54) is 10.9 Å². The second-order valence-corrected chi connectivity index (χ2v) is 5.53. The number of benzene rings is 1. The molecule has 1 N–H and O–H groups in total. The predicted molar refractivity (Wildman–Crippen MR) is 79.1 cm³/mol. The highest BCUT2D eigenvalue weighted by Crippen LogP contribution is 2.19. The molecule has 0 atom stereocenters. The maximum Gasteiger partial charge on any atom is 0.222 e. The van der Waals surface area contributed by atoms with Crippen LogP contribution in [0.3, 0.4) is 0 Å². The van der Waals surface area contributed by atoms with Crippen molar-refractivity contribution in [2.24, 2.45) is 5.92 Å². The molecule has 1 aromatic carbocycles. The number of hydrogen-bond acceptors (Lipinski definition) is 1. The van der Waals surface area contributed by atoms with E-state index in [-0.39, 0.29) is 5.91 Å². The summed E-state index contributed by atoms with van der Waals surface area (Å²) in [5, 5.41) is 1.22. The van der Waals surface area contributed by atoms with Crippen LogP contribution in [-0.2, 0) is 11.2 Å². The number of nitrogens with zero attached hydrogens (tertiary/aromatic N) is 1. The molecule has 0 aliphatic carbocycles. The number of aryl methyl sites for hydroxylation is 1. The molecular weight excluding hydrogens is 236 g/mol. The Balaban J connectivity index is 1.97. The van der Waals surface area contributed by atoms with Gasteiger partial charge in [0.15, 0.2) is 0 Å². The number of carbonyl (C=O) groups excluding carboxylic acids is 1. The molecule has 1 aromatic heterocycles. The number of rotatable bonds is 5. The molecular formula is C16H22N2O. The van der Waals surface area contributed by atoms with E-state index in [0.29, 0.717) is 12.3 Å². The van der Waals surface area contributed by atoms with Crippen LogP contribution in [0.4, 0.5) is 0 Å². The second kappa shape index (κ2) is 5.91. The van der Waals surface area contributed by atoms with E-state index in [4.69, 9.17) is 0 Å². The smallest absolute Gasteiger partial charge is 0.222 e. The van der Waals surface area contributed by atoms with Gasteiger partial charge in [0.1, 0.15) is 0 Å². The summed E-state index contributed by atoms with van der Waals surface area (Å²) in [4.78, 5) is 17.1. The average Bonchev–Trinajstić information content (AvgIpc) is 2.78. The van der Waals surface area contributed by atoms with Gasteiger partial charge in [0.05, 0.1) is 0 Å². The largest absolute Gasteiger partial charge is 0.361 e. The van der Waals surface area contributed by atoms with Crippen LogP contribution in [-0.4, -0.2) is 29.4 Å². The molecule has 0 radical (unpaired) electrons. The molecule has 0 spiro atoms. The van der Waals surface area contributed by atoms with Crippen molar-refractivity contribution in [2.75, 3.05) is 13.6 Å². The zero-order valence-corrected chi connectivity index (χ0v) is 11.9. The number of aromatic amines is 1. The van der Waals surface area contributed by atoms with Gasteiger partial charge in [-0.15, -0.1) is 0 Å². The summed E-state index contributed by atoms with van der Waals surface area (Å²) in [6, 6.07) is 8.21. The minimum Gasteiger partial charge on any atom is -0.361 e. The molecule has 2 rings (SSSR count). The van der Waals surface area contributed by atoms with Gasteiger partial charge in [0.25, 0.3) is 0 Å². The van der Waals surface area contributed by atoms with Crippen LogP contribution in [0.1, 0.15) is 25.8 Å². The normalized spacial score (nSPS) is 11.2. The fraction of sp³-hybridized carbons (Fsp3) is 0.438. The number of fused-ring (bicyclic) bond motifs is 1. The van der Waals surface area contributed by atoms with Crippen LogP contribution in [0.15, 0.2) is 30.5 Å². The van der Waals surface area contributed by atoms with Crippen LogP contribution < -0.4 is 0 Å². The van der Waals surface area contributed by atoms with Gasteiger partial charge in [-0.2, -0.15) is 0 Å². The molecule has 0 saturated carbocycles. The fourth-order valence-corrected chi connectivity index (χ4v) is 2.42. The summed E-state index contributed by atoms with van der Waals surface area (Å²) in [6.07, 6.45) is 3.39. The molecule has 2 aromatic rings. The zero-order valence-electron chi connectivity index (χ0n) is 11.9. The Hall–Kier alpha value is -1.77. The number of hydrogen-bond donors (Lipinski definition) is 1. The average molecular weight is 258 g/mol. The Labute approximate surface area is 114 Å². The SMILES string of the molecule is CC(C)CN(C)C(=O)CCc1c[nH]c2ccccc12. The first-order chi connectivity index (χ1) is 9.08. The van der Waals surface area contributed by atoms with Crippen molar-refractivity contribution in [1.82, 2.24) is 9.88 Å². The molecule has 0 fully saturated rings. The van der Waals surface area contributed by atoms with Crippen LogP contribution in [0.2, 0.25) is 0 Å². The maximum absolute atomic E-state index is 12.0. The highest BCUT2D eigenvalue weighted by atomic mass is 16.2. The van der Waals surface area contributed by atoms with E-state index < -0.39 is 0 Å². The molecule has 0 aliphatic rings. The van der Waals surface area contributed by atoms with E-state index in [2.05, 4.69) is 31.0 Å². The van der Waals surface area contributed by atoms with Gasteiger partial charge in [-0.3, -0.25) is 4.79 Å². The Bertz CT molecular complexity index is 557. The Morgan fingerprint density at radius 2 is 2.05 bits per heavy atom. The van der Waals surface area contributed by atoms with Crippen LogP contribution >= 0.6 is 0 Å². The first-order valence-electron chi connectivity index (χ1n) is 6.87. The van der Waals surface area contributed by atoms with Crippen molar-refractivity contribution in [3.8, 4) is 0 Å². The molecule has 3 nitrogen and oxygen atoms in total. The zero-order chi connectivity index (χ0) is 13.8. The molecule has 1 heterocycles. The van der Waals surface area contributed by atoms with E-state index in [9.17, 15) is 4.79 Å². The Morgan fingerprint density at radius 3 is 2.79 bits per heavy atom. The third-order valence-corrected chi connectivity index (χ3v) is 3.35. The third-order valence-electron chi connectivity index (χ3n) is 3.35. The quantitative estimate of drug-likeness (QED) is 0.878. The number of amides is 1. The van der Waals surface area contributed by atoms with Gasteiger partial charge in [-0.1, -0.05) is 32.0 Å². The summed E-state index contributed by atoms with van der Waals surface area (Å²) < 4.78 is 0. The van der Waals surface area contributed by atoms with Crippen molar-refractivity contribution in [3.63, 3.8) is 0 Å². The van der Waals surface area contributed by atoms with Gasteiger partial charge < -0.3 is 9.88 Å². The molecule has 3 heteroatoms. The summed E-state index contributed by atoms with van der Waals surface area (Å²) in [5.41, 5.74) is 2.36. The van der Waals surface area contributed by atoms with E-state index in [1.54, 1.807) is 0 Å². The topological polar surface area (TPSA) is 36.1 Å². The molecule has 0 aliphatic heterocycles. The number of nitrogens with one attached hydrogen (secondary N) is 1. The fourth-order valence-electron chi connectivity index (χ4n) is 2.42. The Morgan fingerprint density at radius 1 is 1.32 bits per heavy atom. The van der Waals surface area contributed by atoms with Crippen LogP contribution in [0, 0.1) is 5.92 Å². The summed E-state index contributed by atoms with van der Waals surface area (Å²) in [6.45, 7) is 5.08. The minimum atomic E-state index is 0.221. The van der Waals surface area contributed by atoms with Crippen molar-refractivity contribution in [2.45, 2.75) is 26.7 Å².